The van der Waals surface area contributed by atoms with Gasteiger partial charge in [-0.3, -0.25) is 0 Å². The highest BCUT2D eigenvalue weighted by atomic mass is 16.4. The number of hydrogen-bond donors (Lipinski definition) is 2. The highest BCUT2D eigenvalue weighted by Crippen LogP contribution is 2.02. The van der Waals surface area contributed by atoms with E-state index in [1.165, 1.54) is 6.08 Å². The number of rotatable bonds is 2. The van der Waals surface area contributed by atoms with Crippen LogP contribution in [0, 0.1) is 0 Å². The number of carbonyl (C=O) groups is 1. The van der Waals surface area contributed by atoms with Crippen LogP contribution < -0.4 is 5.73 Å². The number of aliphatic carboxylic acids is 1. The van der Waals surface area contributed by atoms with Gasteiger partial charge >= 0.3 is 5.97 Å². The van der Waals surface area contributed by atoms with Gasteiger partial charge < -0.3 is 10.8 Å². The molecule has 0 fully saturated rings. The Morgan fingerprint density at radius 1 is 1.40 bits per heavy atom. The van der Waals surface area contributed by atoms with Crippen LogP contribution in [0.2, 0.25) is 0 Å². The van der Waals surface area contributed by atoms with Gasteiger partial charge in [-0.25, -0.2) is 4.79 Å². The van der Waals surface area contributed by atoms with E-state index in [2.05, 4.69) is 0 Å². The van der Waals surface area contributed by atoms with Gasteiger partial charge in [0, 0.05) is 5.70 Å². The van der Waals surface area contributed by atoms with E-state index >= 15 is 0 Å². The lowest BCUT2D eigenvalue weighted by molar-refractivity contribution is -0.132. The standard InChI is InChI=1S/C7H11NO2/c1-3-5(7(9)10)6(8)4-2/h3-4H,8H2,1-2H3,(H,9,10)/b5-3+,6-4+. The summed E-state index contributed by atoms with van der Waals surface area (Å²) in [6, 6.07) is 0. The number of nitrogens with two attached hydrogens (primary N) is 1. The first-order chi connectivity index (χ1) is 4.63. The fraction of sp³-hybridized carbons (Fsp3) is 0.286. The summed E-state index contributed by atoms with van der Waals surface area (Å²) in [4.78, 5) is 10.3. The van der Waals surface area contributed by atoms with Crippen molar-refractivity contribution in [2.24, 2.45) is 5.73 Å². The summed E-state index contributed by atoms with van der Waals surface area (Å²) in [5.74, 6) is -0.988. The summed E-state index contributed by atoms with van der Waals surface area (Å²) in [5, 5.41) is 8.49. The largest absolute Gasteiger partial charge is 0.478 e. The van der Waals surface area contributed by atoms with Crippen LogP contribution in [0.4, 0.5) is 0 Å². The van der Waals surface area contributed by atoms with Gasteiger partial charge in [-0.05, 0) is 13.8 Å². The molecule has 0 saturated carbocycles. The molecule has 0 amide bonds. The van der Waals surface area contributed by atoms with Gasteiger partial charge in [-0.2, -0.15) is 0 Å². The van der Waals surface area contributed by atoms with Crippen LogP contribution in [0.1, 0.15) is 13.8 Å². The molecule has 0 aromatic heterocycles. The Hall–Kier alpha value is -1.25. The van der Waals surface area contributed by atoms with E-state index in [9.17, 15) is 4.79 Å². The van der Waals surface area contributed by atoms with Crippen LogP contribution in [0.25, 0.3) is 0 Å². The molecule has 0 radical (unpaired) electrons. The lowest BCUT2D eigenvalue weighted by Crippen LogP contribution is -2.09. The molecule has 0 saturated heterocycles. The molecule has 0 atom stereocenters. The van der Waals surface area contributed by atoms with E-state index in [4.69, 9.17) is 10.8 Å². The Bertz CT molecular complexity index is 192. The second-order valence-electron chi connectivity index (χ2n) is 1.75. The number of hydrogen-bond acceptors (Lipinski definition) is 2. The monoisotopic (exact) mass is 141 g/mol. The summed E-state index contributed by atoms with van der Waals surface area (Å²) >= 11 is 0. The van der Waals surface area contributed by atoms with Crippen LogP contribution in [0.3, 0.4) is 0 Å². The van der Waals surface area contributed by atoms with Crippen LogP contribution in [-0.2, 0) is 4.79 Å². The molecule has 0 heterocycles. The Morgan fingerprint density at radius 2 is 1.90 bits per heavy atom. The molecule has 10 heavy (non-hydrogen) atoms. The van der Waals surface area contributed by atoms with Crippen LogP contribution in [0.15, 0.2) is 23.4 Å². The lowest BCUT2D eigenvalue weighted by atomic mass is 10.2. The SMILES string of the molecule is C/C=C(N)\C(=C/C)C(=O)O. The summed E-state index contributed by atoms with van der Waals surface area (Å²) in [6.45, 7) is 3.33. The Kier molecular flexibility index (Phi) is 3.25. The van der Waals surface area contributed by atoms with Crippen molar-refractivity contribution < 1.29 is 9.90 Å². The molecule has 0 aliphatic carbocycles. The predicted molar refractivity (Wildman–Crippen MR) is 39.3 cm³/mol. The minimum absolute atomic E-state index is 0.155. The highest BCUT2D eigenvalue weighted by molar-refractivity contribution is 5.91. The van der Waals surface area contributed by atoms with Gasteiger partial charge in [0.1, 0.15) is 0 Å². The lowest BCUT2D eigenvalue weighted by Gasteiger charge is -1.98. The maximum absolute atomic E-state index is 10.3. The van der Waals surface area contributed by atoms with Crippen LogP contribution in [0.5, 0.6) is 0 Å². The van der Waals surface area contributed by atoms with Crippen LogP contribution >= 0.6 is 0 Å². The fourth-order valence-corrected chi connectivity index (χ4v) is 0.569. The van der Waals surface area contributed by atoms with E-state index < -0.39 is 5.97 Å². The molecule has 3 heteroatoms. The van der Waals surface area contributed by atoms with E-state index in [1.54, 1.807) is 19.9 Å². The van der Waals surface area contributed by atoms with E-state index in [-0.39, 0.29) is 5.57 Å². The molecule has 0 aromatic rings. The third-order valence-corrected chi connectivity index (χ3v) is 1.14. The van der Waals surface area contributed by atoms with Gasteiger partial charge in [-0.15, -0.1) is 0 Å². The maximum Gasteiger partial charge on any atom is 0.337 e. The van der Waals surface area contributed by atoms with Crippen molar-refractivity contribution >= 4 is 5.97 Å². The molecule has 3 nitrogen and oxygen atoms in total. The van der Waals surface area contributed by atoms with Gasteiger partial charge in [0.2, 0.25) is 0 Å². The Labute approximate surface area is 59.8 Å². The smallest absolute Gasteiger partial charge is 0.337 e. The molecule has 3 N–H and O–H groups in total. The molecular formula is C7H11NO2. The summed E-state index contributed by atoms with van der Waals surface area (Å²) in [6.07, 6.45) is 3.03. The molecule has 0 aliphatic heterocycles. The molecule has 0 unspecified atom stereocenters. The zero-order valence-electron chi connectivity index (χ0n) is 6.09. The van der Waals surface area contributed by atoms with Crippen molar-refractivity contribution in [3.8, 4) is 0 Å². The molecule has 0 aliphatic rings. The quantitative estimate of drug-likeness (QED) is 0.443. The minimum atomic E-state index is -0.988. The fourth-order valence-electron chi connectivity index (χ4n) is 0.569. The van der Waals surface area contributed by atoms with Crippen LogP contribution in [-0.4, -0.2) is 11.1 Å². The summed E-state index contributed by atoms with van der Waals surface area (Å²) in [5.41, 5.74) is 5.80. The second-order valence-corrected chi connectivity index (χ2v) is 1.75. The molecule has 0 aromatic carbocycles. The van der Waals surface area contributed by atoms with E-state index in [1.807, 2.05) is 0 Å². The van der Waals surface area contributed by atoms with Crippen molar-refractivity contribution in [2.45, 2.75) is 13.8 Å². The van der Waals surface area contributed by atoms with E-state index in [0.717, 1.165) is 0 Å². The predicted octanol–water partition coefficient (Wildman–Crippen LogP) is 0.880. The number of carboxylic acid groups (broad SMARTS) is 1. The van der Waals surface area contributed by atoms with Crippen molar-refractivity contribution in [1.82, 2.24) is 0 Å². The summed E-state index contributed by atoms with van der Waals surface area (Å²) < 4.78 is 0. The average Bonchev–Trinajstić information content (AvgIpc) is 1.88. The van der Waals surface area contributed by atoms with Crippen molar-refractivity contribution in [1.29, 1.82) is 0 Å². The first-order valence-electron chi connectivity index (χ1n) is 2.95. The van der Waals surface area contributed by atoms with Crippen molar-refractivity contribution in [3.63, 3.8) is 0 Å². The second kappa shape index (κ2) is 3.71. The van der Waals surface area contributed by atoms with Crippen molar-refractivity contribution in [3.05, 3.63) is 23.4 Å². The normalized spacial score (nSPS) is 13.4. The molecule has 0 rings (SSSR count). The number of carboxylic acids is 1. The highest BCUT2D eigenvalue weighted by Gasteiger charge is 2.06. The van der Waals surface area contributed by atoms with Gasteiger partial charge in [0.05, 0.1) is 5.57 Å². The topological polar surface area (TPSA) is 63.3 Å². The number of allylic oxidation sites excluding steroid dienone is 2. The minimum Gasteiger partial charge on any atom is -0.478 e. The van der Waals surface area contributed by atoms with Gasteiger partial charge in [0.25, 0.3) is 0 Å². The first-order valence-corrected chi connectivity index (χ1v) is 2.95. The molecule has 0 spiro atoms. The maximum atomic E-state index is 10.3. The molecular weight excluding hydrogens is 130 g/mol. The van der Waals surface area contributed by atoms with E-state index in [0.29, 0.717) is 5.70 Å². The third kappa shape index (κ3) is 1.93. The van der Waals surface area contributed by atoms with Gasteiger partial charge in [-0.1, -0.05) is 12.2 Å². The zero-order chi connectivity index (χ0) is 8.15. The average molecular weight is 141 g/mol. The third-order valence-electron chi connectivity index (χ3n) is 1.14. The zero-order valence-corrected chi connectivity index (χ0v) is 6.09. The molecule has 0 bridgehead atoms. The Balaban J connectivity index is 4.56. The molecule has 56 valence electrons. The van der Waals surface area contributed by atoms with Gasteiger partial charge in [0.15, 0.2) is 0 Å². The summed E-state index contributed by atoms with van der Waals surface area (Å²) in [7, 11) is 0. The van der Waals surface area contributed by atoms with Crippen molar-refractivity contribution in [2.75, 3.05) is 0 Å². The Morgan fingerprint density at radius 3 is 2.00 bits per heavy atom. The first kappa shape index (κ1) is 8.75.